The molecule has 1 aromatic heterocycles. The maximum absolute atomic E-state index is 12.5. The summed E-state index contributed by atoms with van der Waals surface area (Å²) in [6.07, 6.45) is 2.35. The van der Waals surface area contributed by atoms with Crippen LogP contribution in [0.15, 0.2) is 48.8 Å². The molecule has 0 saturated carbocycles. The fourth-order valence-corrected chi connectivity index (χ4v) is 3.03. The number of carbonyl (C=O) groups is 2. The number of aliphatic hydroxyl groups excluding tert-OH is 1. The largest absolute Gasteiger partial charge is 0.396 e. The van der Waals surface area contributed by atoms with E-state index in [0.717, 1.165) is 5.52 Å². The summed E-state index contributed by atoms with van der Waals surface area (Å²) >= 11 is 0. The molecule has 0 aliphatic carbocycles. The van der Waals surface area contributed by atoms with Crippen LogP contribution in [0.5, 0.6) is 0 Å². The second-order valence-electron chi connectivity index (χ2n) is 5.68. The van der Waals surface area contributed by atoms with Crippen molar-refractivity contribution in [3.05, 3.63) is 59.9 Å². The predicted octanol–water partition coefficient (Wildman–Crippen LogP) is 2.22. The summed E-state index contributed by atoms with van der Waals surface area (Å²) in [5, 5.41) is 8.95. The van der Waals surface area contributed by atoms with Gasteiger partial charge in [-0.15, -0.1) is 0 Å². The lowest BCUT2D eigenvalue weighted by atomic mass is 10.1. The van der Waals surface area contributed by atoms with Crippen LogP contribution in [0.1, 0.15) is 27.1 Å². The van der Waals surface area contributed by atoms with E-state index >= 15 is 0 Å². The van der Waals surface area contributed by atoms with Gasteiger partial charge in [0.15, 0.2) is 0 Å². The van der Waals surface area contributed by atoms with Crippen LogP contribution < -0.4 is 4.90 Å². The molecule has 0 radical (unpaired) electrons. The average Bonchev–Trinajstić information content (AvgIpc) is 3.12. The van der Waals surface area contributed by atoms with Gasteiger partial charge in [0.25, 0.3) is 11.8 Å². The molecule has 4 rings (SSSR count). The summed E-state index contributed by atoms with van der Waals surface area (Å²) in [6.45, 7) is 0.784. The van der Waals surface area contributed by atoms with E-state index in [4.69, 9.17) is 5.11 Å². The van der Waals surface area contributed by atoms with Crippen molar-refractivity contribution in [1.29, 1.82) is 0 Å². The summed E-state index contributed by atoms with van der Waals surface area (Å²) in [5.41, 5.74) is 2.99. The minimum absolute atomic E-state index is 0.118. The fraction of sp³-hybridized carbons (Fsp3) is 0.167. The molecule has 0 unspecified atom stereocenters. The first-order valence-electron chi connectivity index (χ1n) is 7.74. The Hall–Kier alpha value is -2.99. The highest BCUT2D eigenvalue weighted by Gasteiger charge is 2.36. The lowest BCUT2D eigenvalue weighted by Crippen LogP contribution is -2.29. The number of imide groups is 1. The van der Waals surface area contributed by atoms with Gasteiger partial charge in [-0.05, 0) is 36.8 Å². The van der Waals surface area contributed by atoms with E-state index in [-0.39, 0.29) is 18.4 Å². The van der Waals surface area contributed by atoms with Crippen LogP contribution in [0, 0.1) is 0 Å². The zero-order valence-electron chi connectivity index (χ0n) is 12.8. The van der Waals surface area contributed by atoms with E-state index in [0.29, 0.717) is 35.3 Å². The molecule has 0 fully saturated rings. The molecule has 0 atom stereocenters. The van der Waals surface area contributed by atoms with E-state index in [2.05, 4.69) is 4.98 Å². The third kappa shape index (κ3) is 2.11. The molecule has 1 aliphatic rings. The number of nitrogens with zero attached hydrogens (tertiary/aromatic N) is 3. The summed E-state index contributed by atoms with van der Waals surface area (Å²) < 4.78 is 1.94. The standard InChI is InChI=1S/C18H15N3O3/c22-9-3-8-20-11-19-15-10-12(6-7-16(15)20)21-17(23)13-4-1-2-5-14(13)18(21)24/h1-2,4-7,10-11,22H,3,8-9H2. The number of anilines is 1. The normalized spacial score (nSPS) is 13.8. The smallest absolute Gasteiger partial charge is 0.266 e. The van der Waals surface area contributed by atoms with Gasteiger partial charge < -0.3 is 9.67 Å². The van der Waals surface area contributed by atoms with Crippen molar-refractivity contribution in [3.8, 4) is 0 Å². The van der Waals surface area contributed by atoms with Gasteiger partial charge in [-0.25, -0.2) is 9.88 Å². The molecule has 0 spiro atoms. The van der Waals surface area contributed by atoms with Crippen molar-refractivity contribution in [1.82, 2.24) is 9.55 Å². The average molecular weight is 321 g/mol. The van der Waals surface area contributed by atoms with Crippen LogP contribution >= 0.6 is 0 Å². The van der Waals surface area contributed by atoms with Crippen LogP contribution in [0.2, 0.25) is 0 Å². The molecule has 6 heteroatoms. The molecule has 1 N–H and O–H groups in total. The number of carbonyl (C=O) groups excluding carboxylic acids is 2. The fourth-order valence-electron chi connectivity index (χ4n) is 3.03. The topological polar surface area (TPSA) is 75.4 Å². The first-order chi connectivity index (χ1) is 11.7. The monoisotopic (exact) mass is 321 g/mol. The predicted molar refractivity (Wildman–Crippen MR) is 89.0 cm³/mol. The van der Waals surface area contributed by atoms with Gasteiger partial charge >= 0.3 is 0 Å². The van der Waals surface area contributed by atoms with E-state index in [1.165, 1.54) is 4.90 Å². The van der Waals surface area contributed by atoms with Crippen LogP contribution in [0.3, 0.4) is 0 Å². The third-order valence-corrected chi connectivity index (χ3v) is 4.21. The Balaban J connectivity index is 1.73. The number of aryl methyl sites for hydroxylation is 1. The number of aliphatic hydroxyl groups is 1. The highest BCUT2D eigenvalue weighted by Crippen LogP contribution is 2.30. The first-order valence-corrected chi connectivity index (χ1v) is 7.74. The Bertz CT molecular complexity index is 926. The maximum atomic E-state index is 12.5. The molecule has 3 aromatic rings. The quantitative estimate of drug-likeness (QED) is 0.748. The van der Waals surface area contributed by atoms with E-state index in [1.54, 1.807) is 42.7 Å². The number of hydrogen-bond acceptors (Lipinski definition) is 4. The lowest BCUT2D eigenvalue weighted by molar-refractivity contribution is 0.0926. The Morgan fingerprint density at radius 3 is 2.38 bits per heavy atom. The molecule has 120 valence electrons. The number of amides is 2. The second-order valence-corrected chi connectivity index (χ2v) is 5.68. The Labute approximate surface area is 138 Å². The van der Waals surface area contributed by atoms with Gasteiger partial charge in [0.05, 0.1) is 34.2 Å². The lowest BCUT2D eigenvalue weighted by Gasteiger charge is -2.14. The molecule has 24 heavy (non-hydrogen) atoms. The summed E-state index contributed by atoms with van der Waals surface area (Å²) in [7, 11) is 0. The number of fused-ring (bicyclic) bond motifs is 2. The highest BCUT2D eigenvalue weighted by molar-refractivity contribution is 6.34. The zero-order chi connectivity index (χ0) is 16.7. The molecule has 0 bridgehead atoms. The Morgan fingerprint density at radius 2 is 1.71 bits per heavy atom. The number of imidazole rings is 1. The molecule has 6 nitrogen and oxygen atoms in total. The van der Waals surface area contributed by atoms with Gasteiger partial charge in [0.2, 0.25) is 0 Å². The van der Waals surface area contributed by atoms with Crippen molar-refractivity contribution in [3.63, 3.8) is 0 Å². The molecule has 2 aromatic carbocycles. The maximum Gasteiger partial charge on any atom is 0.266 e. The van der Waals surface area contributed by atoms with Gasteiger partial charge in [0.1, 0.15) is 0 Å². The van der Waals surface area contributed by atoms with E-state index < -0.39 is 0 Å². The van der Waals surface area contributed by atoms with E-state index in [1.807, 2.05) is 10.6 Å². The zero-order valence-corrected chi connectivity index (χ0v) is 12.8. The molecule has 2 heterocycles. The molecule has 1 aliphatic heterocycles. The van der Waals surface area contributed by atoms with Gasteiger partial charge in [-0.2, -0.15) is 0 Å². The van der Waals surface area contributed by atoms with Crippen LogP contribution in [-0.2, 0) is 6.54 Å². The first kappa shape index (κ1) is 14.6. The number of hydrogen-bond donors (Lipinski definition) is 1. The van der Waals surface area contributed by atoms with Crippen molar-refractivity contribution in [2.24, 2.45) is 0 Å². The van der Waals surface area contributed by atoms with Crippen molar-refractivity contribution in [2.75, 3.05) is 11.5 Å². The SMILES string of the molecule is O=C1c2ccccc2C(=O)N1c1ccc2c(c1)ncn2CCCO. The Morgan fingerprint density at radius 1 is 1.00 bits per heavy atom. The third-order valence-electron chi connectivity index (χ3n) is 4.21. The van der Waals surface area contributed by atoms with Crippen molar-refractivity contribution in [2.45, 2.75) is 13.0 Å². The number of benzene rings is 2. The second kappa shape index (κ2) is 5.58. The van der Waals surface area contributed by atoms with Gasteiger partial charge in [-0.1, -0.05) is 12.1 Å². The Kier molecular flexibility index (Phi) is 3.39. The van der Waals surface area contributed by atoms with Crippen molar-refractivity contribution >= 4 is 28.5 Å². The molecule has 0 saturated heterocycles. The summed E-state index contributed by atoms with van der Waals surface area (Å²) in [4.78, 5) is 30.6. The van der Waals surface area contributed by atoms with Crippen molar-refractivity contribution < 1.29 is 14.7 Å². The minimum atomic E-state index is -0.310. The number of rotatable bonds is 4. The van der Waals surface area contributed by atoms with E-state index in [9.17, 15) is 9.59 Å². The van der Waals surface area contributed by atoms with Crippen LogP contribution in [0.25, 0.3) is 11.0 Å². The molecular weight excluding hydrogens is 306 g/mol. The molecular formula is C18H15N3O3. The van der Waals surface area contributed by atoms with Gasteiger partial charge in [0, 0.05) is 13.2 Å². The highest BCUT2D eigenvalue weighted by atomic mass is 16.3. The summed E-state index contributed by atoms with van der Waals surface area (Å²) in [6, 6.07) is 12.2. The van der Waals surface area contributed by atoms with Gasteiger partial charge in [-0.3, -0.25) is 9.59 Å². The minimum Gasteiger partial charge on any atom is -0.396 e. The number of aromatic nitrogens is 2. The van der Waals surface area contributed by atoms with Crippen LogP contribution in [0.4, 0.5) is 5.69 Å². The summed E-state index contributed by atoms with van der Waals surface area (Å²) in [5.74, 6) is -0.621. The molecule has 2 amide bonds. The van der Waals surface area contributed by atoms with Crippen LogP contribution in [-0.4, -0.2) is 33.1 Å².